The lowest BCUT2D eigenvalue weighted by Gasteiger charge is -2.52. The number of aliphatic hydroxyl groups excluding tert-OH is 1. The van der Waals surface area contributed by atoms with Crippen molar-refractivity contribution in [3.8, 4) is 17.2 Å². The molecule has 2 aliphatic heterocycles. The van der Waals surface area contributed by atoms with Gasteiger partial charge >= 0.3 is 0 Å². The first-order valence-corrected chi connectivity index (χ1v) is 15.4. The van der Waals surface area contributed by atoms with E-state index in [2.05, 4.69) is 29.3 Å². The molecular weight excluding hydrogens is 518 g/mol. The number of piperazine rings is 1. The van der Waals surface area contributed by atoms with Gasteiger partial charge in [-0.1, -0.05) is 44.7 Å². The first-order valence-electron chi connectivity index (χ1n) is 15.4. The number of carbonyl (C=O) groups is 2. The number of piperidine rings is 1. The molecule has 2 aromatic rings. The van der Waals surface area contributed by atoms with Crippen molar-refractivity contribution >= 4 is 11.8 Å². The van der Waals surface area contributed by atoms with Crippen LogP contribution < -0.4 is 14.8 Å². The monoisotopic (exact) mass is 563 g/mol. The van der Waals surface area contributed by atoms with Gasteiger partial charge in [-0.3, -0.25) is 14.5 Å². The van der Waals surface area contributed by atoms with Crippen molar-refractivity contribution in [1.82, 2.24) is 15.1 Å². The maximum Gasteiger partial charge on any atom is 0.248 e. The van der Waals surface area contributed by atoms with Gasteiger partial charge < -0.3 is 24.8 Å². The van der Waals surface area contributed by atoms with Crippen LogP contribution in [-0.4, -0.2) is 71.1 Å². The normalized spacial score (nSPS) is 22.4. The Labute approximate surface area is 244 Å². The minimum absolute atomic E-state index is 0.0786. The fourth-order valence-electron chi connectivity index (χ4n) is 6.74. The SMILES string of the molecule is CCCCN1C(=O)[C@@H]([C@H](O)C2CCCCC2)NC(=O)C12CCN(Cc1ccc(Oc3ccc(OC)cc3)cc1)CC2. The summed E-state index contributed by atoms with van der Waals surface area (Å²) in [4.78, 5) is 31.7. The maximum atomic E-state index is 13.8. The lowest BCUT2D eigenvalue weighted by molar-refractivity contribution is -0.166. The van der Waals surface area contributed by atoms with Gasteiger partial charge in [0.15, 0.2) is 0 Å². The minimum atomic E-state index is -0.832. The van der Waals surface area contributed by atoms with Crippen LogP contribution >= 0.6 is 0 Å². The summed E-state index contributed by atoms with van der Waals surface area (Å²) >= 11 is 0. The Bertz CT molecular complexity index is 1150. The summed E-state index contributed by atoms with van der Waals surface area (Å²) in [5, 5.41) is 14.2. The fraction of sp³-hybridized carbons (Fsp3) is 0.576. The van der Waals surface area contributed by atoms with Crippen molar-refractivity contribution in [2.75, 3.05) is 26.7 Å². The highest BCUT2D eigenvalue weighted by molar-refractivity contribution is 6.00. The molecule has 1 spiro atoms. The Balaban J connectivity index is 1.20. The van der Waals surface area contributed by atoms with E-state index in [-0.39, 0.29) is 17.7 Å². The molecule has 5 rings (SSSR count). The Morgan fingerprint density at radius 1 is 0.951 bits per heavy atom. The third kappa shape index (κ3) is 6.54. The molecule has 2 amide bonds. The van der Waals surface area contributed by atoms with Crippen LogP contribution in [0, 0.1) is 5.92 Å². The Hall–Kier alpha value is -3.10. The highest BCUT2D eigenvalue weighted by Gasteiger charge is 2.55. The number of hydrogen-bond donors (Lipinski definition) is 2. The van der Waals surface area contributed by atoms with Crippen LogP contribution in [0.5, 0.6) is 17.2 Å². The third-order valence-corrected chi connectivity index (χ3v) is 9.28. The van der Waals surface area contributed by atoms with Gasteiger partial charge in [-0.2, -0.15) is 0 Å². The van der Waals surface area contributed by atoms with Gasteiger partial charge in [-0.25, -0.2) is 0 Å². The molecule has 3 aliphatic rings. The number of aliphatic hydroxyl groups is 1. The van der Waals surface area contributed by atoms with Gasteiger partial charge in [-0.05, 0) is 80.0 Å². The van der Waals surface area contributed by atoms with Crippen LogP contribution in [0.4, 0.5) is 0 Å². The summed E-state index contributed by atoms with van der Waals surface area (Å²) in [7, 11) is 1.64. The van der Waals surface area contributed by atoms with Crippen LogP contribution in [-0.2, 0) is 16.1 Å². The summed E-state index contributed by atoms with van der Waals surface area (Å²) in [6.07, 6.45) is 7.35. The Kier molecular flexibility index (Phi) is 9.50. The average molecular weight is 564 g/mol. The van der Waals surface area contributed by atoms with E-state index in [0.717, 1.165) is 75.4 Å². The van der Waals surface area contributed by atoms with Crippen LogP contribution in [0.3, 0.4) is 0 Å². The zero-order valence-electron chi connectivity index (χ0n) is 24.5. The second kappa shape index (κ2) is 13.3. The van der Waals surface area contributed by atoms with Gasteiger partial charge in [0.1, 0.15) is 28.8 Å². The van der Waals surface area contributed by atoms with Crippen LogP contribution in [0.2, 0.25) is 0 Å². The number of rotatable bonds is 10. The molecule has 8 nitrogen and oxygen atoms in total. The summed E-state index contributed by atoms with van der Waals surface area (Å²) in [6.45, 7) is 4.89. The average Bonchev–Trinajstić information content (AvgIpc) is 3.01. The first-order chi connectivity index (χ1) is 19.9. The lowest BCUT2D eigenvalue weighted by atomic mass is 9.78. The second-order valence-corrected chi connectivity index (χ2v) is 11.9. The molecule has 2 aromatic carbocycles. The predicted molar refractivity (Wildman–Crippen MR) is 158 cm³/mol. The van der Waals surface area contributed by atoms with E-state index in [4.69, 9.17) is 9.47 Å². The molecule has 0 radical (unpaired) electrons. The predicted octanol–water partition coefficient (Wildman–Crippen LogP) is 4.89. The number of hydrogen-bond acceptors (Lipinski definition) is 6. The van der Waals surface area contributed by atoms with Crippen molar-refractivity contribution in [1.29, 1.82) is 0 Å². The highest BCUT2D eigenvalue weighted by atomic mass is 16.5. The number of benzene rings is 2. The van der Waals surface area contributed by atoms with Crippen molar-refractivity contribution < 1.29 is 24.2 Å². The van der Waals surface area contributed by atoms with Crippen LogP contribution in [0.25, 0.3) is 0 Å². The molecule has 2 atom stereocenters. The van der Waals surface area contributed by atoms with E-state index in [9.17, 15) is 14.7 Å². The molecule has 2 saturated heterocycles. The molecular formula is C33H45N3O5. The first kappa shape index (κ1) is 29.4. The standard InChI is InChI=1S/C33H45N3O5/c1-3-4-20-36-31(38)29(30(37)25-8-6-5-7-9-25)34-32(39)33(36)18-21-35(22-19-33)23-24-10-12-27(13-11-24)41-28-16-14-26(40-2)15-17-28/h10-17,25,29-30,37H,3-9,18-23H2,1-2H3,(H,34,39)/t29-,30-/m1/s1. The molecule has 1 aliphatic carbocycles. The number of unbranched alkanes of at least 4 members (excludes halogenated alkanes) is 1. The lowest BCUT2D eigenvalue weighted by Crippen LogP contribution is -2.75. The summed E-state index contributed by atoms with van der Waals surface area (Å²) in [6, 6.07) is 14.8. The Morgan fingerprint density at radius 3 is 2.17 bits per heavy atom. The molecule has 0 bridgehead atoms. The van der Waals surface area contributed by atoms with Gasteiger partial charge in [-0.15, -0.1) is 0 Å². The number of ether oxygens (including phenoxy) is 2. The van der Waals surface area contributed by atoms with Gasteiger partial charge in [0, 0.05) is 26.2 Å². The summed E-state index contributed by atoms with van der Waals surface area (Å²) in [5.74, 6) is 2.20. The van der Waals surface area contributed by atoms with Gasteiger partial charge in [0.05, 0.1) is 13.2 Å². The van der Waals surface area contributed by atoms with Crippen LogP contribution in [0.1, 0.15) is 70.3 Å². The number of methoxy groups -OCH3 is 1. The minimum Gasteiger partial charge on any atom is -0.497 e. The number of carbonyl (C=O) groups excluding carboxylic acids is 2. The number of amides is 2. The van der Waals surface area contributed by atoms with Crippen molar-refractivity contribution in [2.24, 2.45) is 5.92 Å². The smallest absolute Gasteiger partial charge is 0.248 e. The summed E-state index contributed by atoms with van der Waals surface area (Å²) in [5.41, 5.74) is 0.340. The molecule has 0 unspecified atom stereocenters. The van der Waals surface area contributed by atoms with E-state index in [1.165, 1.54) is 12.0 Å². The molecule has 2 N–H and O–H groups in total. The molecule has 8 heteroatoms. The number of nitrogens with one attached hydrogen (secondary N) is 1. The van der Waals surface area contributed by atoms with Crippen molar-refractivity contribution in [3.05, 3.63) is 54.1 Å². The maximum absolute atomic E-state index is 13.8. The summed E-state index contributed by atoms with van der Waals surface area (Å²) < 4.78 is 11.2. The van der Waals surface area contributed by atoms with Crippen molar-refractivity contribution in [3.63, 3.8) is 0 Å². The molecule has 0 aromatic heterocycles. The zero-order valence-corrected chi connectivity index (χ0v) is 24.5. The molecule has 41 heavy (non-hydrogen) atoms. The van der Waals surface area contributed by atoms with E-state index in [1.807, 2.05) is 41.3 Å². The molecule has 2 heterocycles. The quantitative estimate of drug-likeness (QED) is 0.428. The second-order valence-electron chi connectivity index (χ2n) is 11.9. The highest BCUT2D eigenvalue weighted by Crippen LogP contribution is 2.36. The van der Waals surface area contributed by atoms with E-state index in [1.54, 1.807) is 7.11 Å². The third-order valence-electron chi connectivity index (χ3n) is 9.28. The van der Waals surface area contributed by atoms with E-state index >= 15 is 0 Å². The van der Waals surface area contributed by atoms with E-state index < -0.39 is 17.7 Å². The fourth-order valence-corrected chi connectivity index (χ4v) is 6.74. The number of likely N-dealkylation sites (tertiary alicyclic amines) is 1. The van der Waals surface area contributed by atoms with Gasteiger partial charge in [0.25, 0.3) is 0 Å². The molecule has 1 saturated carbocycles. The van der Waals surface area contributed by atoms with Crippen LogP contribution in [0.15, 0.2) is 48.5 Å². The largest absolute Gasteiger partial charge is 0.497 e. The van der Waals surface area contributed by atoms with E-state index in [0.29, 0.717) is 19.4 Å². The topological polar surface area (TPSA) is 91.3 Å². The molecule has 222 valence electrons. The van der Waals surface area contributed by atoms with Gasteiger partial charge in [0.2, 0.25) is 11.8 Å². The molecule has 3 fully saturated rings. The van der Waals surface area contributed by atoms with Crippen molar-refractivity contribution in [2.45, 2.75) is 88.9 Å². The Morgan fingerprint density at radius 2 is 1.56 bits per heavy atom. The zero-order chi connectivity index (χ0) is 28.8. The number of nitrogens with zero attached hydrogens (tertiary/aromatic N) is 2.